The van der Waals surface area contributed by atoms with Gasteiger partial charge in [-0.05, 0) is 62.7 Å². The van der Waals surface area contributed by atoms with Gasteiger partial charge in [0.25, 0.3) is 0 Å². The summed E-state index contributed by atoms with van der Waals surface area (Å²) in [6, 6.07) is 8.54. The summed E-state index contributed by atoms with van der Waals surface area (Å²) < 4.78 is 27.3. The smallest absolute Gasteiger partial charge is 0.243 e. The highest BCUT2D eigenvalue weighted by Gasteiger charge is 2.37. The fourth-order valence-corrected chi connectivity index (χ4v) is 6.35. The van der Waals surface area contributed by atoms with Gasteiger partial charge in [0.15, 0.2) is 0 Å². The summed E-state index contributed by atoms with van der Waals surface area (Å²) in [5, 5.41) is 3.46. The van der Waals surface area contributed by atoms with Crippen LogP contribution in [0, 0.1) is 17.8 Å². The fraction of sp³-hybridized carbons (Fsp3) is 0.650. The summed E-state index contributed by atoms with van der Waals surface area (Å²) in [6.45, 7) is 4.56. The zero-order valence-electron chi connectivity index (χ0n) is 15.7. The maximum absolute atomic E-state index is 13.1. The number of benzene rings is 1. The third-order valence-corrected chi connectivity index (χ3v) is 8.32. The van der Waals surface area contributed by atoms with Crippen molar-refractivity contribution in [2.75, 3.05) is 39.3 Å². The highest BCUT2D eigenvalue weighted by molar-refractivity contribution is 7.89. The molecule has 0 radical (unpaired) electrons. The lowest BCUT2D eigenvalue weighted by Gasteiger charge is -2.34. The number of nitrogens with zero attached hydrogens (tertiary/aromatic N) is 2. The number of hydrogen-bond donors (Lipinski definition) is 1. The van der Waals surface area contributed by atoms with Crippen LogP contribution in [0.1, 0.15) is 25.7 Å². The first-order chi connectivity index (χ1) is 13.1. The molecule has 0 saturated carbocycles. The summed E-state index contributed by atoms with van der Waals surface area (Å²) in [7, 11) is -3.52. The number of amides is 1. The molecule has 4 rings (SSSR count). The summed E-state index contributed by atoms with van der Waals surface area (Å²) in [6.07, 6.45) is 3.64. The standard InChI is InChI=1S/C20H29N3O3S/c24-20(22-11-8-16-13-21-14-17(16)9-12-22)18-5-4-10-23(15-18)27(25,26)19-6-2-1-3-7-19/h1-3,6-7,16-18,21H,4-5,8-15H2/t16-,17+,18?. The first kappa shape index (κ1) is 18.9. The van der Waals surface area contributed by atoms with Crippen molar-refractivity contribution in [3.63, 3.8) is 0 Å². The number of sulfonamides is 1. The molecule has 3 saturated heterocycles. The molecule has 0 spiro atoms. The predicted octanol–water partition coefficient (Wildman–Crippen LogP) is 1.55. The number of nitrogens with one attached hydrogen (secondary N) is 1. The minimum atomic E-state index is -3.52. The third kappa shape index (κ3) is 3.91. The van der Waals surface area contributed by atoms with Gasteiger partial charge in [-0.3, -0.25) is 4.79 Å². The zero-order chi connectivity index (χ0) is 18.9. The average molecular weight is 392 g/mol. The Morgan fingerprint density at radius 3 is 2.30 bits per heavy atom. The average Bonchev–Trinajstić information content (AvgIpc) is 3.06. The van der Waals surface area contributed by atoms with Gasteiger partial charge in [-0.1, -0.05) is 18.2 Å². The molecule has 6 nitrogen and oxygen atoms in total. The Morgan fingerprint density at radius 1 is 0.963 bits per heavy atom. The van der Waals surface area contributed by atoms with Crippen molar-refractivity contribution >= 4 is 15.9 Å². The molecule has 148 valence electrons. The van der Waals surface area contributed by atoms with Crippen molar-refractivity contribution in [3.05, 3.63) is 30.3 Å². The molecule has 3 atom stereocenters. The SMILES string of the molecule is O=C(C1CCCN(S(=O)(=O)c2ccccc2)C1)N1CC[C@@H]2CNC[C@@H]2CC1. The number of carbonyl (C=O) groups is 1. The van der Waals surface area contributed by atoms with Crippen molar-refractivity contribution in [2.24, 2.45) is 17.8 Å². The molecule has 3 fully saturated rings. The molecule has 3 aliphatic heterocycles. The van der Waals surface area contributed by atoms with Gasteiger partial charge in [-0.25, -0.2) is 8.42 Å². The van der Waals surface area contributed by atoms with Crippen molar-refractivity contribution in [1.82, 2.24) is 14.5 Å². The largest absolute Gasteiger partial charge is 0.342 e. The Balaban J connectivity index is 1.43. The molecule has 0 aromatic heterocycles. The highest BCUT2D eigenvalue weighted by Crippen LogP contribution is 2.29. The Morgan fingerprint density at radius 2 is 1.63 bits per heavy atom. The van der Waals surface area contributed by atoms with Crippen LogP contribution >= 0.6 is 0 Å². The van der Waals surface area contributed by atoms with Gasteiger partial charge in [0.1, 0.15) is 0 Å². The van der Waals surface area contributed by atoms with Crippen LogP contribution in [0.3, 0.4) is 0 Å². The Hall–Kier alpha value is -1.44. The van der Waals surface area contributed by atoms with Crippen LogP contribution in [0.15, 0.2) is 35.2 Å². The van der Waals surface area contributed by atoms with Crippen LogP contribution in [0.2, 0.25) is 0 Å². The summed E-state index contributed by atoms with van der Waals surface area (Å²) in [4.78, 5) is 15.4. The maximum Gasteiger partial charge on any atom is 0.243 e. The van der Waals surface area contributed by atoms with E-state index in [-0.39, 0.29) is 11.8 Å². The summed E-state index contributed by atoms with van der Waals surface area (Å²) in [5.74, 6) is 1.30. The fourth-order valence-electron chi connectivity index (χ4n) is 4.80. The van der Waals surface area contributed by atoms with Crippen LogP contribution in [-0.2, 0) is 14.8 Å². The number of likely N-dealkylation sites (tertiary alicyclic amines) is 1. The molecule has 1 amide bonds. The quantitative estimate of drug-likeness (QED) is 0.849. The van der Waals surface area contributed by atoms with Crippen molar-refractivity contribution in [1.29, 1.82) is 0 Å². The number of carbonyl (C=O) groups excluding carboxylic acids is 1. The Kier molecular flexibility index (Phi) is 5.53. The van der Waals surface area contributed by atoms with Gasteiger partial charge < -0.3 is 10.2 Å². The van der Waals surface area contributed by atoms with Crippen LogP contribution in [0.4, 0.5) is 0 Å². The van der Waals surface area contributed by atoms with E-state index in [1.54, 1.807) is 24.3 Å². The molecule has 1 aromatic carbocycles. The maximum atomic E-state index is 13.1. The molecule has 3 heterocycles. The second-order valence-corrected chi connectivity index (χ2v) is 10.0. The molecule has 1 aromatic rings. The van der Waals surface area contributed by atoms with Crippen LogP contribution in [0.25, 0.3) is 0 Å². The Bertz CT molecular complexity index is 754. The second-order valence-electron chi connectivity index (χ2n) is 8.10. The van der Waals surface area contributed by atoms with E-state index >= 15 is 0 Å². The number of hydrogen-bond acceptors (Lipinski definition) is 4. The number of rotatable bonds is 3. The monoisotopic (exact) mass is 391 g/mol. The van der Waals surface area contributed by atoms with E-state index in [4.69, 9.17) is 0 Å². The Labute approximate surface area is 162 Å². The summed E-state index contributed by atoms with van der Waals surface area (Å²) in [5.41, 5.74) is 0. The molecule has 1 N–H and O–H groups in total. The summed E-state index contributed by atoms with van der Waals surface area (Å²) >= 11 is 0. The molecule has 0 bridgehead atoms. The first-order valence-corrected chi connectivity index (χ1v) is 11.5. The van der Waals surface area contributed by atoms with E-state index < -0.39 is 10.0 Å². The first-order valence-electron chi connectivity index (χ1n) is 10.1. The van der Waals surface area contributed by atoms with Crippen molar-refractivity contribution in [3.8, 4) is 0 Å². The van der Waals surface area contributed by atoms with Gasteiger partial charge in [0.05, 0.1) is 10.8 Å². The van der Waals surface area contributed by atoms with E-state index in [0.29, 0.717) is 29.8 Å². The van der Waals surface area contributed by atoms with Gasteiger partial charge in [0.2, 0.25) is 15.9 Å². The molecule has 1 unspecified atom stereocenters. The third-order valence-electron chi connectivity index (χ3n) is 6.45. The van der Waals surface area contributed by atoms with E-state index in [0.717, 1.165) is 51.9 Å². The van der Waals surface area contributed by atoms with Gasteiger partial charge in [-0.2, -0.15) is 4.31 Å². The zero-order valence-corrected chi connectivity index (χ0v) is 16.5. The molecule has 27 heavy (non-hydrogen) atoms. The minimum Gasteiger partial charge on any atom is -0.342 e. The molecule has 0 aliphatic carbocycles. The lowest BCUT2D eigenvalue weighted by Crippen LogP contribution is -2.47. The van der Waals surface area contributed by atoms with E-state index in [9.17, 15) is 13.2 Å². The van der Waals surface area contributed by atoms with E-state index in [1.165, 1.54) is 4.31 Å². The second kappa shape index (κ2) is 7.89. The van der Waals surface area contributed by atoms with Gasteiger partial charge in [-0.15, -0.1) is 0 Å². The number of fused-ring (bicyclic) bond motifs is 1. The number of piperidine rings is 1. The van der Waals surface area contributed by atoms with Gasteiger partial charge in [0, 0.05) is 26.2 Å². The molecular formula is C20H29N3O3S. The molecule has 7 heteroatoms. The van der Waals surface area contributed by atoms with E-state index in [2.05, 4.69) is 5.32 Å². The predicted molar refractivity (Wildman–Crippen MR) is 104 cm³/mol. The van der Waals surface area contributed by atoms with Gasteiger partial charge >= 0.3 is 0 Å². The van der Waals surface area contributed by atoms with Crippen LogP contribution in [-0.4, -0.2) is 62.8 Å². The normalized spacial score (nSPS) is 29.9. The molecular weight excluding hydrogens is 362 g/mol. The van der Waals surface area contributed by atoms with Crippen molar-refractivity contribution < 1.29 is 13.2 Å². The van der Waals surface area contributed by atoms with Crippen LogP contribution in [0.5, 0.6) is 0 Å². The highest BCUT2D eigenvalue weighted by atomic mass is 32.2. The van der Waals surface area contributed by atoms with Crippen molar-refractivity contribution in [2.45, 2.75) is 30.6 Å². The minimum absolute atomic E-state index is 0.149. The van der Waals surface area contributed by atoms with Crippen LogP contribution < -0.4 is 5.32 Å². The topological polar surface area (TPSA) is 69.7 Å². The lowest BCUT2D eigenvalue weighted by atomic mass is 9.92. The lowest BCUT2D eigenvalue weighted by molar-refractivity contribution is -0.136. The molecule has 3 aliphatic rings. The van der Waals surface area contributed by atoms with E-state index in [1.807, 2.05) is 11.0 Å².